The van der Waals surface area contributed by atoms with Crippen LogP contribution in [-0.2, 0) is 20.9 Å². The predicted octanol–water partition coefficient (Wildman–Crippen LogP) is 2.88. The molecule has 0 saturated carbocycles. The number of imide groups is 1. The molecule has 44 heavy (non-hydrogen) atoms. The van der Waals surface area contributed by atoms with E-state index >= 15 is 0 Å². The van der Waals surface area contributed by atoms with Crippen LogP contribution < -0.4 is 0 Å². The first-order chi connectivity index (χ1) is 21.0. The Hall–Kier alpha value is -5.76. The highest BCUT2D eigenvalue weighted by atomic mass is 16.6. The maximum Gasteiger partial charge on any atom is 0.331 e. The number of β-lactam (4-membered cyclic amide) rings is 1. The molecule has 4 atom stereocenters. The topological polar surface area (TPSA) is 190 Å². The van der Waals surface area contributed by atoms with Gasteiger partial charge in [-0.3, -0.25) is 39.5 Å². The van der Waals surface area contributed by atoms with Gasteiger partial charge in [-0.05, 0) is 36.2 Å². The number of likely N-dealkylation sites (tertiary alicyclic amines) is 1. The first-order valence-corrected chi connectivity index (χ1v) is 13.3. The number of hydrogen-bond acceptors (Lipinski definition) is 10. The maximum absolute atomic E-state index is 13.7. The number of hydrogen-bond donors (Lipinski definition) is 1. The van der Waals surface area contributed by atoms with Gasteiger partial charge in [0.15, 0.2) is 6.04 Å². The molecule has 0 aliphatic carbocycles. The van der Waals surface area contributed by atoms with Crippen LogP contribution in [-0.4, -0.2) is 72.7 Å². The number of fused-ring (bicyclic) bond motifs is 1. The van der Waals surface area contributed by atoms with Crippen molar-refractivity contribution >= 4 is 41.1 Å². The highest BCUT2D eigenvalue weighted by Gasteiger charge is 2.59. The van der Waals surface area contributed by atoms with E-state index in [4.69, 9.17) is 4.74 Å². The zero-order valence-corrected chi connectivity index (χ0v) is 23.0. The minimum atomic E-state index is -1.54. The summed E-state index contributed by atoms with van der Waals surface area (Å²) in [5, 5.41) is 32.8. The quantitative estimate of drug-likeness (QED) is 0.119. The van der Waals surface area contributed by atoms with Crippen LogP contribution in [0.4, 0.5) is 11.4 Å². The van der Waals surface area contributed by atoms with Crippen LogP contribution in [0.25, 0.3) is 6.08 Å². The third kappa shape index (κ3) is 5.41. The molecule has 1 fully saturated rings. The van der Waals surface area contributed by atoms with Crippen LogP contribution >= 0.6 is 0 Å². The van der Waals surface area contributed by atoms with Gasteiger partial charge in [-0.15, -0.1) is 0 Å². The third-order valence-corrected chi connectivity index (χ3v) is 7.35. The summed E-state index contributed by atoms with van der Waals surface area (Å²) in [4.78, 5) is 76.2. The van der Waals surface area contributed by atoms with Crippen LogP contribution in [0.2, 0.25) is 0 Å². The molecule has 4 unspecified atom stereocenters. The number of carbonyl (C=O) groups excluding carboxylic acids is 4. The second-order valence-corrected chi connectivity index (χ2v) is 10.1. The molecule has 3 aromatic carbocycles. The van der Waals surface area contributed by atoms with E-state index < -0.39 is 63.5 Å². The number of nitrogens with zero attached hydrogens (tertiary/aromatic N) is 4. The van der Waals surface area contributed by atoms with Gasteiger partial charge in [0, 0.05) is 24.3 Å². The molecule has 0 spiro atoms. The zero-order chi connectivity index (χ0) is 31.7. The van der Waals surface area contributed by atoms with Gasteiger partial charge in [0.25, 0.3) is 23.2 Å². The molecule has 14 nitrogen and oxygen atoms in total. The summed E-state index contributed by atoms with van der Waals surface area (Å²) in [5.74, 6) is -3.54. The Balaban J connectivity index is 1.44. The number of aliphatic hydroxyl groups is 1. The number of esters is 1. The summed E-state index contributed by atoms with van der Waals surface area (Å²) in [6, 6.07) is 13.3. The van der Waals surface area contributed by atoms with Crippen molar-refractivity contribution in [3.05, 3.63) is 121 Å². The monoisotopic (exact) mass is 600 g/mol. The summed E-state index contributed by atoms with van der Waals surface area (Å²) in [7, 11) is 0. The highest BCUT2D eigenvalue weighted by molar-refractivity contribution is 6.23. The molecule has 0 aromatic heterocycles. The molecule has 2 heterocycles. The van der Waals surface area contributed by atoms with E-state index in [0.717, 1.165) is 23.1 Å². The highest BCUT2D eigenvalue weighted by Crippen LogP contribution is 2.37. The molecular formula is C30H24N4O10. The van der Waals surface area contributed by atoms with Gasteiger partial charge < -0.3 is 14.7 Å². The summed E-state index contributed by atoms with van der Waals surface area (Å²) < 4.78 is 5.36. The molecule has 1 N–H and O–H groups in total. The lowest BCUT2D eigenvalue weighted by molar-refractivity contribution is -0.385. The van der Waals surface area contributed by atoms with Crippen molar-refractivity contribution < 1.29 is 38.9 Å². The van der Waals surface area contributed by atoms with Crippen LogP contribution in [0.15, 0.2) is 78.9 Å². The predicted molar refractivity (Wildman–Crippen MR) is 152 cm³/mol. The van der Waals surface area contributed by atoms with Gasteiger partial charge >= 0.3 is 5.97 Å². The Labute approximate surface area is 249 Å². The van der Waals surface area contributed by atoms with Crippen molar-refractivity contribution in [2.24, 2.45) is 0 Å². The molecule has 224 valence electrons. The molecule has 0 bridgehead atoms. The number of aliphatic hydroxyl groups excluding tert-OH is 1. The number of nitro groups is 2. The summed E-state index contributed by atoms with van der Waals surface area (Å²) in [6.07, 6.45) is 1.70. The molecule has 2 aliphatic rings. The number of carbonyl (C=O) groups is 4. The minimum Gasteiger partial charge on any atom is -0.459 e. The van der Waals surface area contributed by atoms with Gasteiger partial charge in [0.05, 0.1) is 33.1 Å². The van der Waals surface area contributed by atoms with E-state index in [2.05, 4.69) is 0 Å². The standard InChI is InChI=1S/C30H24N4O10/c1-17(35)25(30(39)44-16-19-7-10-20(11-8-19)33(40)41)31-24(14-9-18-5-3-2-4-6-18)26(29(31)38)32-27(36)22-13-12-21(34(42)43)15-23(22)28(32)37/h2-15,17,24-26,35H,16H2,1H3/b14-9+. The lowest BCUT2D eigenvalue weighted by atomic mass is 9.88. The van der Waals surface area contributed by atoms with Gasteiger partial charge in [0.1, 0.15) is 12.6 Å². The smallest absolute Gasteiger partial charge is 0.331 e. The van der Waals surface area contributed by atoms with Crippen molar-refractivity contribution in [1.82, 2.24) is 9.80 Å². The van der Waals surface area contributed by atoms with E-state index in [1.165, 1.54) is 37.3 Å². The average molecular weight is 601 g/mol. The number of nitro benzene ring substituents is 2. The Bertz CT molecular complexity index is 1700. The average Bonchev–Trinajstić information content (AvgIpc) is 3.25. The summed E-state index contributed by atoms with van der Waals surface area (Å²) in [5.41, 5.74) is 0.233. The fourth-order valence-corrected chi connectivity index (χ4v) is 5.18. The SMILES string of the molecule is CC(O)C(C(=O)OCc1ccc([N+](=O)[O-])cc1)N1C(=O)C(N2C(=O)c3ccc([N+](=O)[O-])cc3C2=O)C1/C=C/c1ccccc1. The Morgan fingerprint density at radius 1 is 0.932 bits per heavy atom. The maximum atomic E-state index is 13.7. The zero-order valence-electron chi connectivity index (χ0n) is 23.0. The van der Waals surface area contributed by atoms with Crippen molar-refractivity contribution in [1.29, 1.82) is 0 Å². The minimum absolute atomic E-state index is 0.104. The number of benzene rings is 3. The Morgan fingerprint density at radius 3 is 2.16 bits per heavy atom. The van der Waals surface area contributed by atoms with E-state index in [0.29, 0.717) is 16.0 Å². The lowest BCUT2D eigenvalue weighted by Gasteiger charge is -2.51. The van der Waals surface area contributed by atoms with Crippen LogP contribution in [0.3, 0.4) is 0 Å². The Kier molecular flexibility index (Phi) is 8.01. The second-order valence-electron chi connectivity index (χ2n) is 10.1. The van der Waals surface area contributed by atoms with Crippen LogP contribution in [0.5, 0.6) is 0 Å². The van der Waals surface area contributed by atoms with Gasteiger partial charge in [0.2, 0.25) is 5.91 Å². The van der Waals surface area contributed by atoms with Crippen LogP contribution in [0, 0.1) is 20.2 Å². The van der Waals surface area contributed by atoms with Crippen molar-refractivity contribution in [3.63, 3.8) is 0 Å². The number of amides is 3. The van der Waals surface area contributed by atoms with Gasteiger partial charge in [-0.25, -0.2) is 4.79 Å². The molecule has 3 aromatic rings. The van der Waals surface area contributed by atoms with E-state index in [1.807, 2.05) is 0 Å². The molecule has 5 rings (SSSR count). The van der Waals surface area contributed by atoms with Gasteiger partial charge in [-0.1, -0.05) is 42.5 Å². The fourth-order valence-electron chi connectivity index (χ4n) is 5.18. The second kappa shape index (κ2) is 11.9. The number of non-ortho nitro benzene ring substituents is 2. The molecule has 2 aliphatic heterocycles. The summed E-state index contributed by atoms with van der Waals surface area (Å²) in [6.45, 7) is 0.963. The van der Waals surface area contributed by atoms with Gasteiger partial charge in [-0.2, -0.15) is 0 Å². The molecule has 3 amide bonds. The molecule has 0 radical (unpaired) electrons. The van der Waals surface area contributed by atoms with E-state index in [1.54, 1.807) is 36.4 Å². The molecular weight excluding hydrogens is 576 g/mol. The normalized spacial score (nSPS) is 19.0. The van der Waals surface area contributed by atoms with Crippen molar-refractivity contribution in [2.45, 2.75) is 37.8 Å². The first-order valence-electron chi connectivity index (χ1n) is 13.3. The Morgan fingerprint density at radius 2 is 1.55 bits per heavy atom. The fraction of sp³-hybridized carbons (Fsp3) is 0.200. The van der Waals surface area contributed by atoms with Crippen molar-refractivity contribution in [2.75, 3.05) is 0 Å². The summed E-state index contributed by atoms with van der Waals surface area (Å²) >= 11 is 0. The third-order valence-electron chi connectivity index (χ3n) is 7.35. The van der Waals surface area contributed by atoms with Crippen LogP contribution in [0.1, 0.15) is 38.8 Å². The molecule has 14 heteroatoms. The van der Waals surface area contributed by atoms with E-state index in [9.17, 15) is 44.5 Å². The van der Waals surface area contributed by atoms with E-state index in [-0.39, 0.29) is 23.4 Å². The first kappa shape index (κ1) is 29.7. The lowest BCUT2D eigenvalue weighted by Crippen LogP contribution is -2.75. The van der Waals surface area contributed by atoms with Crippen molar-refractivity contribution in [3.8, 4) is 0 Å². The molecule has 1 saturated heterocycles. The number of ether oxygens (including phenoxy) is 1. The number of rotatable bonds is 10. The largest absolute Gasteiger partial charge is 0.459 e.